The van der Waals surface area contributed by atoms with Gasteiger partial charge in [0.25, 0.3) is 0 Å². The fourth-order valence-electron chi connectivity index (χ4n) is 1.65. The number of anilines is 2. The average molecular weight is 242 g/mol. The van der Waals surface area contributed by atoms with Gasteiger partial charge >= 0.3 is 0 Å². The second kappa shape index (κ2) is 5.49. The van der Waals surface area contributed by atoms with Crippen molar-refractivity contribution in [3.05, 3.63) is 36.4 Å². The van der Waals surface area contributed by atoms with E-state index in [9.17, 15) is 0 Å². The van der Waals surface area contributed by atoms with Crippen LogP contribution < -0.4 is 10.6 Å². The number of rotatable bonds is 4. The van der Waals surface area contributed by atoms with Crippen molar-refractivity contribution in [2.75, 3.05) is 17.7 Å². The van der Waals surface area contributed by atoms with Crippen molar-refractivity contribution in [1.82, 2.24) is 9.97 Å². The van der Waals surface area contributed by atoms with Gasteiger partial charge in [0.05, 0.1) is 5.69 Å². The number of nitrogens with zero attached hydrogens (tertiary/aromatic N) is 2. The van der Waals surface area contributed by atoms with Gasteiger partial charge in [0, 0.05) is 24.7 Å². The summed E-state index contributed by atoms with van der Waals surface area (Å²) >= 11 is 0. The van der Waals surface area contributed by atoms with Gasteiger partial charge in [-0.1, -0.05) is 30.3 Å². The lowest BCUT2D eigenvalue weighted by atomic mass is 10.1. The summed E-state index contributed by atoms with van der Waals surface area (Å²) in [6.45, 7) is 4.13. The standard InChI is InChI=1S/C14H18N4/c1-10(2)16-14-17-12(9-13(15-3)18-14)11-7-5-4-6-8-11/h4-10H,1-3H3,(H2,15,16,17,18). The molecule has 0 saturated carbocycles. The number of nitrogens with one attached hydrogen (secondary N) is 2. The fourth-order valence-corrected chi connectivity index (χ4v) is 1.65. The predicted octanol–water partition coefficient (Wildman–Crippen LogP) is 3.01. The van der Waals surface area contributed by atoms with E-state index in [1.165, 1.54) is 0 Å². The lowest BCUT2D eigenvalue weighted by molar-refractivity contribution is 0.875. The van der Waals surface area contributed by atoms with Crippen molar-refractivity contribution in [3.63, 3.8) is 0 Å². The van der Waals surface area contributed by atoms with E-state index in [0.717, 1.165) is 17.1 Å². The number of hydrogen-bond donors (Lipinski definition) is 2. The van der Waals surface area contributed by atoms with Crippen molar-refractivity contribution in [3.8, 4) is 11.3 Å². The van der Waals surface area contributed by atoms with Crippen molar-refractivity contribution in [1.29, 1.82) is 0 Å². The highest BCUT2D eigenvalue weighted by atomic mass is 15.1. The number of aromatic nitrogens is 2. The second-order valence-electron chi connectivity index (χ2n) is 4.38. The quantitative estimate of drug-likeness (QED) is 0.865. The molecule has 0 atom stereocenters. The summed E-state index contributed by atoms with van der Waals surface area (Å²) in [6.07, 6.45) is 0. The van der Waals surface area contributed by atoms with Gasteiger partial charge in [-0.05, 0) is 13.8 Å². The smallest absolute Gasteiger partial charge is 0.225 e. The molecule has 2 rings (SSSR count). The van der Waals surface area contributed by atoms with E-state index in [-0.39, 0.29) is 0 Å². The molecule has 0 aliphatic rings. The van der Waals surface area contributed by atoms with E-state index < -0.39 is 0 Å². The van der Waals surface area contributed by atoms with Gasteiger partial charge in [-0.25, -0.2) is 4.98 Å². The molecule has 0 radical (unpaired) electrons. The Labute approximate surface area is 107 Å². The van der Waals surface area contributed by atoms with Crippen molar-refractivity contribution in [2.24, 2.45) is 0 Å². The molecular weight excluding hydrogens is 224 g/mol. The SMILES string of the molecule is CNc1cc(-c2ccccc2)nc(NC(C)C)n1. The Hall–Kier alpha value is -2.10. The first-order valence-corrected chi connectivity index (χ1v) is 6.08. The molecule has 18 heavy (non-hydrogen) atoms. The average Bonchev–Trinajstić information content (AvgIpc) is 2.38. The molecule has 0 spiro atoms. The van der Waals surface area contributed by atoms with Gasteiger partial charge < -0.3 is 10.6 Å². The van der Waals surface area contributed by atoms with Gasteiger partial charge in [-0.3, -0.25) is 0 Å². The summed E-state index contributed by atoms with van der Waals surface area (Å²) in [4.78, 5) is 8.91. The summed E-state index contributed by atoms with van der Waals surface area (Å²) < 4.78 is 0. The highest BCUT2D eigenvalue weighted by Gasteiger charge is 2.06. The van der Waals surface area contributed by atoms with Crippen LogP contribution in [0.1, 0.15) is 13.8 Å². The molecule has 0 fully saturated rings. The molecule has 2 aromatic rings. The lowest BCUT2D eigenvalue weighted by Crippen LogP contribution is -2.13. The van der Waals surface area contributed by atoms with E-state index in [0.29, 0.717) is 12.0 Å². The van der Waals surface area contributed by atoms with E-state index in [1.807, 2.05) is 43.4 Å². The minimum Gasteiger partial charge on any atom is -0.373 e. The topological polar surface area (TPSA) is 49.8 Å². The van der Waals surface area contributed by atoms with E-state index in [2.05, 4.69) is 34.4 Å². The zero-order valence-electron chi connectivity index (χ0n) is 10.9. The Morgan fingerprint density at radius 1 is 1.06 bits per heavy atom. The first-order chi connectivity index (χ1) is 8.69. The van der Waals surface area contributed by atoms with E-state index in [4.69, 9.17) is 0 Å². The zero-order chi connectivity index (χ0) is 13.0. The predicted molar refractivity (Wildman–Crippen MR) is 75.8 cm³/mol. The summed E-state index contributed by atoms with van der Waals surface area (Å²) in [5, 5.41) is 6.29. The first-order valence-electron chi connectivity index (χ1n) is 6.08. The van der Waals surface area contributed by atoms with Crippen LogP contribution in [-0.4, -0.2) is 23.1 Å². The monoisotopic (exact) mass is 242 g/mol. The minimum atomic E-state index is 0.306. The summed E-state index contributed by atoms with van der Waals surface area (Å²) in [7, 11) is 1.86. The molecule has 2 N–H and O–H groups in total. The third-order valence-electron chi connectivity index (χ3n) is 2.47. The van der Waals surface area contributed by atoms with Gasteiger partial charge in [-0.2, -0.15) is 4.98 Å². The zero-order valence-corrected chi connectivity index (χ0v) is 10.9. The molecule has 0 aliphatic carbocycles. The summed E-state index contributed by atoms with van der Waals surface area (Å²) in [5.74, 6) is 1.46. The van der Waals surface area contributed by atoms with Crippen LogP contribution in [-0.2, 0) is 0 Å². The van der Waals surface area contributed by atoms with Gasteiger partial charge in [0.15, 0.2) is 0 Å². The van der Waals surface area contributed by atoms with Gasteiger partial charge in [-0.15, -0.1) is 0 Å². The maximum absolute atomic E-state index is 4.53. The fraction of sp³-hybridized carbons (Fsp3) is 0.286. The molecule has 0 bridgehead atoms. The minimum absolute atomic E-state index is 0.306. The van der Waals surface area contributed by atoms with Crippen LogP contribution in [0.5, 0.6) is 0 Å². The summed E-state index contributed by atoms with van der Waals surface area (Å²) in [5.41, 5.74) is 2.00. The molecule has 4 nitrogen and oxygen atoms in total. The third-order valence-corrected chi connectivity index (χ3v) is 2.47. The molecule has 0 saturated heterocycles. The molecular formula is C14H18N4. The van der Waals surface area contributed by atoms with Crippen LogP contribution in [0.15, 0.2) is 36.4 Å². The van der Waals surface area contributed by atoms with Crippen LogP contribution in [0, 0.1) is 0 Å². The van der Waals surface area contributed by atoms with Crippen molar-refractivity contribution >= 4 is 11.8 Å². The van der Waals surface area contributed by atoms with E-state index in [1.54, 1.807) is 0 Å². The first kappa shape index (κ1) is 12.4. The maximum atomic E-state index is 4.53. The molecule has 1 heterocycles. The molecule has 1 aromatic carbocycles. The maximum Gasteiger partial charge on any atom is 0.225 e. The second-order valence-corrected chi connectivity index (χ2v) is 4.38. The van der Waals surface area contributed by atoms with Gasteiger partial charge in [0.1, 0.15) is 5.82 Å². The highest BCUT2D eigenvalue weighted by molar-refractivity contribution is 5.64. The van der Waals surface area contributed by atoms with Crippen LogP contribution in [0.3, 0.4) is 0 Å². The normalized spacial score (nSPS) is 10.4. The number of hydrogen-bond acceptors (Lipinski definition) is 4. The Balaban J connectivity index is 2.41. The lowest BCUT2D eigenvalue weighted by Gasteiger charge is -2.11. The third kappa shape index (κ3) is 2.97. The molecule has 1 aromatic heterocycles. The number of benzene rings is 1. The van der Waals surface area contributed by atoms with Crippen LogP contribution in [0.25, 0.3) is 11.3 Å². The Morgan fingerprint density at radius 3 is 2.39 bits per heavy atom. The Bertz CT molecular complexity index is 508. The largest absolute Gasteiger partial charge is 0.373 e. The molecule has 0 aliphatic heterocycles. The highest BCUT2D eigenvalue weighted by Crippen LogP contribution is 2.21. The molecule has 94 valence electrons. The van der Waals surface area contributed by atoms with Crippen molar-refractivity contribution in [2.45, 2.75) is 19.9 Å². The van der Waals surface area contributed by atoms with Gasteiger partial charge in [0.2, 0.25) is 5.95 Å². The molecule has 4 heteroatoms. The Kier molecular flexibility index (Phi) is 3.77. The van der Waals surface area contributed by atoms with E-state index >= 15 is 0 Å². The van der Waals surface area contributed by atoms with Crippen molar-refractivity contribution < 1.29 is 0 Å². The van der Waals surface area contributed by atoms with Crippen LogP contribution in [0.2, 0.25) is 0 Å². The summed E-state index contributed by atoms with van der Waals surface area (Å²) in [6, 6.07) is 12.3. The Morgan fingerprint density at radius 2 is 1.78 bits per heavy atom. The van der Waals surface area contributed by atoms with Crippen LogP contribution >= 0.6 is 0 Å². The molecule has 0 unspecified atom stereocenters. The van der Waals surface area contributed by atoms with Crippen LogP contribution in [0.4, 0.5) is 11.8 Å². The molecule has 0 amide bonds.